The first-order valence-electron chi connectivity index (χ1n) is 8.54. The van der Waals surface area contributed by atoms with Gasteiger partial charge in [0.2, 0.25) is 16.9 Å². The Balaban J connectivity index is 1.46. The minimum atomic E-state index is -0.201. The van der Waals surface area contributed by atoms with Crippen molar-refractivity contribution in [1.82, 2.24) is 10.2 Å². The first kappa shape index (κ1) is 17.3. The summed E-state index contributed by atoms with van der Waals surface area (Å²) in [6, 6.07) is 7.73. The van der Waals surface area contributed by atoms with Crippen molar-refractivity contribution in [2.24, 2.45) is 0 Å². The molecule has 1 aliphatic heterocycles. The van der Waals surface area contributed by atoms with Crippen molar-refractivity contribution >= 4 is 51.4 Å². The molecule has 0 saturated heterocycles. The fourth-order valence-electron chi connectivity index (χ4n) is 2.89. The molecule has 2 amide bonds. The van der Waals surface area contributed by atoms with Gasteiger partial charge in [0.15, 0.2) is 4.34 Å². The number of carbonyl (C=O) groups excluding carboxylic acids is 2. The molecule has 0 radical (unpaired) electrons. The van der Waals surface area contributed by atoms with Crippen molar-refractivity contribution in [3.8, 4) is 0 Å². The number of anilines is 3. The molecule has 0 unspecified atom stereocenters. The smallest absolute Gasteiger partial charge is 0.237 e. The van der Waals surface area contributed by atoms with Crippen LogP contribution in [0.1, 0.15) is 26.2 Å². The van der Waals surface area contributed by atoms with Crippen LogP contribution in [0.4, 0.5) is 16.5 Å². The summed E-state index contributed by atoms with van der Waals surface area (Å²) in [5, 5.41) is 15.3. The lowest BCUT2D eigenvalue weighted by Crippen LogP contribution is -2.40. The Morgan fingerprint density at radius 2 is 2.19 bits per heavy atom. The van der Waals surface area contributed by atoms with E-state index >= 15 is 0 Å². The van der Waals surface area contributed by atoms with Crippen molar-refractivity contribution in [2.45, 2.75) is 42.6 Å². The molecule has 2 N–H and O–H groups in total. The molecule has 0 bridgehead atoms. The molecule has 26 heavy (non-hydrogen) atoms. The Kier molecular flexibility index (Phi) is 4.82. The maximum absolute atomic E-state index is 12.9. The summed E-state index contributed by atoms with van der Waals surface area (Å²) in [6.07, 6.45) is 2.64. The van der Waals surface area contributed by atoms with Gasteiger partial charge in [0.1, 0.15) is 0 Å². The highest BCUT2D eigenvalue weighted by atomic mass is 32.2. The fraction of sp³-hybridized carbons (Fsp3) is 0.412. The maximum Gasteiger partial charge on any atom is 0.237 e. The van der Waals surface area contributed by atoms with E-state index in [-0.39, 0.29) is 30.0 Å². The summed E-state index contributed by atoms with van der Waals surface area (Å²) in [4.78, 5) is 26.6. The van der Waals surface area contributed by atoms with E-state index < -0.39 is 0 Å². The van der Waals surface area contributed by atoms with Crippen LogP contribution in [0, 0.1) is 0 Å². The van der Waals surface area contributed by atoms with Crippen molar-refractivity contribution < 1.29 is 9.59 Å². The van der Waals surface area contributed by atoms with Gasteiger partial charge < -0.3 is 15.5 Å². The van der Waals surface area contributed by atoms with Gasteiger partial charge in [-0.25, -0.2) is 0 Å². The normalized spacial score (nSPS) is 19.5. The average Bonchev–Trinajstić information content (AvgIpc) is 3.32. The average molecular weight is 390 g/mol. The Morgan fingerprint density at radius 3 is 3.00 bits per heavy atom. The molecule has 1 atom stereocenters. The van der Waals surface area contributed by atoms with E-state index in [2.05, 4.69) is 20.8 Å². The highest BCUT2D eigenvalue weighted by Gasteiger charge is 2.29. The number of para-hydroxylation sites is 2. The monoisotopic (exact) mass is 389 g/mol. The first-order chi connectivity index (χ1) is 12.6. The van der Waals surface area contributed by atoms with Gasteiger partial charge in [-0.05, 0) is 31.9 Å². The summed E-state index contributed by atoms with van der Waals surface area (Å²) in [5.74, 6) is 0.136. The Morgan fingerprint density at radius 1 is 1.38 bits per heavy atom. The summed E-state index contributed by atoms with van der Waals surface area (Å²) in [5.41, 5.74) is 1.41. The molecule has 136 valence electrons. The Labute approximate surface area is 159 Å². The molecule has 1 aliphatic carbocycles. The van der Waals surface area contributed by atoms with Crippen LogP contribution in [0.15, 0.2) is 28.6 Å². The number of thioether (sulfide) groups is 1. The van der Waals surface area contributed by atoms with E-state index in [1.807, 2.05) is 31.2 Å². The lowest BCUT2D eigenvalue weighted by atomic mass is 10.2. The maximum atomic E-state index is 12.9. The number of benzene rings is 1. The van der Waals surface area contributed by atoms with E-state index in [4.69, 9.17) is 0 Å². The van der Waals surface area contributed by atoms with E-state index in [0.29, 0.717) is 11.7 Å². The molecule has 2 heterocycles. The summed E-state index contributed by atoms with van der Waals surface area (Å²) in [6.45, 7) is 1.90. The van der Waals surface area contributed by atoms with Crippen LogP contribution >= 0.6 is 23.1 Å². The van der Waals surface area contributed by atoms with Gasteiger partial charge in [-0.3, -0.25) is 9.59 Å². The Hall–Kier alpha value is -2.13. The largest absolute Gasteiger partial charge is 0.357 e. The second-order valence-corrected chi connectivity index (χ2v) is 8.66. The van der Waals surface area contributed by atoms with Crippen LogP contribution in [-0.4, -0.2) is 39.8 Å². The zero-order chi connectivity index (χ0) is 18.1. The van der Waals surface area contributed by atoms with Crippen molar-refractivity contribution in [1.29, 1.82) is 0 Å². The number of carbonyl (C=O) groups is 2. The number of hydrogen-bond donors (Lipinski definition) is 2. The number of rotatable bonds is 5. The molecular formula is C17H19N5O2S2. The molecule has 7 nitrogen and oxygen atoms in total. The van der Waals surface area contributed by atoms with Crippen LogP contribution in [0.5, 0.6) is 0 Å². The van der Waals surface area contributed by atoms with Crippen molar-refractivity contribution in [3.05, 3.63) is 24.3 Å². The number of nitrogens with one attached hydrogen (secondary N) is 2. The lowest BCUT2D eigenvalue weighted by molar-refractivity contribution is -0.117. The molecule has 2 aromatic rings. The van der Waals surface area contributed by atoms with Gasteiger partial charge in [0, 0.05) is 18.5 Å². The lowest BCUT2D eigenvalue weighted by Gasteiger charge is -2.27. The highest BCUT2D eigenvalue weighted by molar-refractivity contribution is 8.01. The van der Waals surface area contributed by atoms with Gasteiger partial charge in [0.05, 0.1) is 17.1 Å². The van der Waals surface area contributed by atoms with Crippen LogP contribution in [0.2, 0.25) is 0 Å². The van der Waals surface area contributed by atoms with Gasteiger partial charge in [-0.15, -0.1) is 10.2 Å². The van der Waals surface area contributed by atoms with Gasteiger partial charge in [-0.1, -0.05) is 35.2 Å². The predicted octanol–water partition coefficient (Wildman–Crippen LogP) is 2.97. The van der Waals surface area contributed by atoms with E-state index in [9.17, 15) is 9.59 Å². The van der Waals surface area contributed by atoms with Crippen LogP contribution in [-0.2, 0) is 9.59 Å². The molecule has 0 spiro atoms. The second-order valence-electron chi connectivity index (χ2n) is 6.46. The third kappa shape index (κ3) is 3.83. The Bertz CT molecular complexity index is 836. The fourth-order valence-corrected chi connectivity index (χ4v) is 4.58. The number of hydrogen-bond acceptors (Lipinski definition) is 7. The van der Waals surface area contributed by atoms with E-state index in [1.54, 1.807) is 4.90 Å². The van der Waals surface area contributed by atoms with E-state index in [1.165, 1.54) is 35.9 Å². The number of nitrogens with zero attached hydrogens (tertiary/aromatic N) is 3. The zero-order valence-corrected chi connectivity index (χ0v) is 15.9. The highest BCUT2D eigenvalue weighted by Crippen LogP contribution is 2.33. The van der Waals surface area contributed by atoms with Crippen molar-refractivity contribution in [2.75, 3.05) is 21.3 Å². The number of amides is 2. The minimum absolute atomic E-state index is 0.0432. The topological polar surface area (TPSA) is 87.2 Å². The van der Waals surface area contributed by atoms with Crippen molar-refractivity contribution in [3.63, 3.8) is 0 Å². The summed E-state index contributed by atoms with van der Waals surface area (Å²) < 4.78 is 0.770. The van der Waals surface area contributed by atoms with Gasteiger partial charge in [0.25, 0.3) is 0 Å². The minimum Gasteiger partial charge on any atom is -0.357 e. The number of aromatic nitrogens is 2. The molecule has 1 aromatic carbocycles. The molecule has 9 heteroatoms. The third-order valence-corrected chi connectivity index (χ3v) is 6.23. The molecule has 1 aromatic heterocycles. The number of fused-ring (bicyclic) bond motifs is 1. The molecular weight excluding hydrogens is 370 g/mol. The summed E-state index contributed by atoms with van der Waals surface area (Å²) >= 11 is 2.86. The standard InChI is InChI=1S/C17H19N5O2S2/c1-10-8-14(23)19-12-4-2-3-5-13(12)22(10)15(24)9-25-17-21-20-16(26-17)18-11-6-7-11/h2-5,10-11H,6-9H2,1H3,(H,18,20)(H,19,23)/t10-/m0/s1. The SMILES string of the molecule is C[C@H]1CC(=O)Nc2ccccc2N1C(=O)CSc1nnc(NC2CC2)s1. The van der Waals surface area contributed by atoms with Gasteiger partial charge in [-0.2, -0.15) is 0 Å². The molecule has 1 saturated carbocycles. The summed E-state index contributed by atoms with van der Waals surface area (Å²) in [7, 11) is 0. The van der Waals surface area contributed by atoms with Crippen LogP contribution in [0.3, 0.4) is 0 Å². The zero-order valence-electron chi connectivity index (χ0n) is 14.3. The van der Waals surface area contributed by atoms with Crippen LogP contribution in [0.25, 0.3) is 0 Å². The molecule has 1 fully saturated rings. The van der Waals surface area contributed by atoms with Gasteiger partial charge >= 0.3 is 0 Å². The van der Waals surface area contributed by atoms with E-state index in [0.717, 1.165) is 15.2 Å². The predicted molar refractivity (Wildman–Crippen MR) is 104 cm³/mol. The quantitative estimate of drug-likeness (QED) is 0.765. The first-order valence-corrected chi connectivity index (χ1v) is 10.3. The molecule has 2 aliphatic rings. The molecule has 4 rings (SSSR count). The third-order valence-electron chi connectivity index (χ3n) is 4.26. The second kappa shape index (κ2) is 7.24. The van der Waals surface area contributed by atoms with Crippen LogP contribution < -0.4 is 15.5 Å².